The van der Waals surface area contributed by atoms with Crippen LogP contribution in [0.4, 0.5) is 10.1 Å². The Kier molecular flexibility index (Phi) is 5.92. The van der Waals surface area contributed by atoms with Crippen molar-refractivity contribution in [1.29, 1.82) is 0 Å². The van der Waals surface area contributed by atoms with Crippen molar-refractivity contribution in [1.82, 2.24) is 0 Å². The van der Waals surface area contributed by atoms with Crippen LogP contribution in [0, 0.1) is 5.82 Å². The van der Waals surface area contributed by atoms with Gasteiger partial charge in [-0.15, -0.1) is 0 Å². The highest BCUT2D eigenvalue weighted by Gasteiger charge is 2.17. The van der Waals surface area contributed by atoms with Gasteiger partial charge >= 0.3 is 5.97 Å². The number of ether oxygens (including phenoxy) is 2. The van der Waals surface area contributed by atoms with Crippen LogP contribution in [0.15, 0.2) is 46.9 Å². The van der Waals surface area contributed by atoms with Crippen LogP contribution < -0.4 is 10.1 Å². The van der Waals surface area contributed by atoms with Crippen LogP contribution >= 0.6 is 15.9 Å². The van der Waals surface area contributed by atoms with Gasteiger partial charge in [-0.1, -0.05) is 22.0 Å². The fourth-order valence-electron chi connectivity index (χ4n) is 1.90. The van der Waals surface area contributed by atoms with E-state index >= 15 is 0 Å². The van der Waals surface area contributed by atoms with E-state index in [0.717, 1.165) is 0 Å². The molecule has 0 aliphatic rings. The molecule has 0 aromatic heterocycles. The number of methoxy groups -OCH3 is 1. The van der Waals surface area contributed by atoms with Gasteiger partial charge in [-0.2, -0.15) is 0 Å². The molecule has 0 saturated carbocycles. The molecular weight excluding hydrogens is 381 g/mol. The van der Waals surface area contributed by atoms with E-state index in [1.165, 1.54) is 32.2 Å². The molecular formula is C17H15BrFNO4. The summed E-state index contributed by atoms with van der Waals surface area (Å²) >= 11 is 3.14. The average molecular weight is 396 g/mol. The van der Waals surface area contributed by atoms with Crippen molar-refractivity contribution >= 4 is 33.5 Å². The molecule has 2 aromatic carbocycles. The SMILES string of the molecule is COC(=O)c1cccc(O[C@H](C)C(=O)Nc2ccc(Br)cc2F)c1. The lowest BCUT2D eigenvalue weighted by atomic mass is 10.2. The Balaban J connectivity index is 2.05. The molecule has 1 amide bonds. The van der Waals surface area contributed by atoms with Crippen molar-refractivity contribution in [2.75, 3.05) is 12.4 Å². The van der Waals surface area contributed by atoms with Gasteiger partial charge in [0.1, 0.15) is 11.6 Å². The number of anilines is 1. The van der Waals surface area contributed by atoms with Gasteiger partial charge in [0.05, 0.1) is 18.4 Å². The van der Waals surface area contributed by atoms with Crippen LogP contribution in [0.2, 0.25) is 0 Å². The number of nitrogens with one attached hydrogen (secondary N) is 1. The second kappa shape index (κ2) is 7.92. The van der Waals surface area contributed by atoms with E-state index < -0.39 is 23.8 Å². The maximum absolute atomic E-state index is 13.7. The molecule has 1 N–H and O–H groups in total. The molecule has 0 radical (unpaired) electrons. The van der Waals surface area contributed by atoms with Crippen molar-refractivity contribution in [3.63, 3.8) is 0 Å². The molecule has 0 heterocycles. The van der Waals surface area contributed by atoms with E-state index in [4.69, 9.17) is 4.74 Å². The highest BCUT2D eigenvalue weighted by atomic mass is 79.9. The van der Waals surface area contributed by atoms with E-state index in [-0.39, 0.29) is 5.69 Å². The Bertz CT molecular complexity index is 766. The summed E-state index contributed by atoms with van der Waals surface area (Å²) < 4.78 is 24.4. The van der Waals surface area contributed by atoms with Crippen LogP contribution in [0.25, 0.3) is 0 Å². The van der Waals surface area contributed by atoms with Crippen LogP contribution in [0.5, 0.6) is 5.75 Å². The fourth-order valence-corrected chi connectivity index (χ4v) is 2.23. The minimum Gasteiger partial charge on any atom is -0.481 e. The number of hydrogen-bond acceptors (Lipinski definition) is 4. The van der Waals surface area contributed by atoms with Crippen molar-refractivity contribution in [3.05, 3.63) is 58.3 Å². The van der Waals surface area contributed by atoms with Crippen LogP contribution in [0.3, 0.4) is 0 Å². The van der Waals surface area contributed by atoms with E-state index in [2.05, 4.69) is 26.0 Å². The molecule has 0 fully saturated rings. The number of carbonyl (C=O) groups excluding carboxylic acids is 2. The summed E-state index contributed by atoms with van der Waals surface area (Å²) in [6, 6.07) is 10.6. The zero-order chi connectivity index (χ0) is 17.7. The van der Waals surface area contributed by atoms with E-state index in [0.29, 0.717) is 15.8 Å². The first-order valence-electron chi connectivity index (χ1n) is 7.01. The van der Waals surface area contributed by atoms with Gasteiger partial charge in [0.2, 0.25) is 0 Å². The third kappa shape index (κ3) is 4.55. The number of esters is 1. The third-order valence-corrected chi connectivity index (χ3v) is 3.62. The summed E-state index contributed by atoms with van der Waals surface area (Å²) in [7, 11) is 1.28. The van der Waals surface area contributed by atoms with Crippen LogP contribution in [-0.4, -0.2) is 25.1 Å². The zero-order valence-electron chi connectivity index (χ0n) is 13.0. The first-order valence-corrected chi connectivity index (χ1v) is 7.81. The van der Waals surface area contributed by atoms with Crippen LogP contribution in [-0.2, 0) is 9.53 Å². The Hall–Kier alpha value is -2.41. The maximum Gasteiger partial charge on any atom is 0.337 e. The van der Waals surface area contributed by atoms with E-state index in [9.17, 15) is 14.0 Å². The van der Waals surface area contributed by atoms with Crippen molar-refractivity contribution in [2.45, 2.75) is 13.0 Å². The zero-order valence-corrected chi connectivity index (χ0v) is 14.6. The molecule has 1 atom stereocenters. The largest absolute Gasteiger partial charge is 0.481 e. The van der Waals surface area contributed by atoms with E-state index in [1.54, 1.807) is 24.3 Å². The number of hydrogen-bond donors (Lipinski definition) is 1. The Morgan fingerprint density at radius 1 is 1.21 bits per heavy atom. The van der Waals surface area contributed by atoms with Gasteiger partial charge in [0.15, 0.2) is 6.10 Å². The highest BCUT2D eigenvalue weighted by molar-refractivity contribution is 9.10. The Morgan fingerprint density at radius 2 is 1.96 bits per heavy atom. The minimum absolute atomic E-state index is 0.0574. The van der Waals surface area contributed by atoms with Crippen molar-refractivity contribution in [3.8, 4) is 5.75 Å². The third-order valence-electron chi connectivity index (χ3n) is 3.13. The van der Waals surface area contributed by atoms with Crippen molar-refractivity contribution < 1.29 is 23.5 Å². The first kappa shape index (κ1) is 17.9. The maximum atomic E-state index is 13.7. The Labute approximate surface area is 146 Å². The van der Waals surface area contributed by atoms with E-state index in [1.807, 2.05) is 0 Å². The predicted octanol–water partition coefficient (Wildman–Crippen LogP) is 3.78. The lowest BCUT2D eigenvalue weighted by Gasteiger charge is -2.15. The molecule has 0 bridgehead atoms. The van der Waals surface area contributed by atoms with Crippen molar-refractivity contribution in [2.24, 2.45) is 0 Å². The number of carbonyl (C=O) groups is 2. The molecule has 24 heavy (non-hydrogen) atoms. The number of benzene rings is 2. The number of rotatable bonds is 5. The molecule has 5 nitrogen and oxygen atoms in total. The van der Waals surface area contributed by atoms with Gasteiger partial charge in [-0.05, 0) is 43.3 Å². The second-order valence-corrected chi connectivity index (χ2v) is 5.81. The average Bonchev–Trinajstić information content (AvgIpc) is 2.56. The fraction of sp³-hybridized carbons (Fsp3) is 0.176. The molecule has 0 aliphatic carbocycles. The first-order chi connectivity index (χ1) is 11.4. The minimum atomic E-state index is -0.888. The van der Waals surface area contributed by atoms with Gasteiger partial charge in [-0.25, -0.2) is 9.18 Å². The summed E-state index contributed by atoms with van der Waals surface area (Å²) in [4.78, 5) is 23.6. The molecule has 0 unspecified atom stereocenters. The molecule has 2 aromatic rings. The smallest absolute Gasteiger partial charge is 0.337 e. The summed E-state index contributed by atoms with van der Waals surface area (Å²) in [5.41, 5.74) is 0.364. The molecule has 0 aliphatic heterocycles. The monoisotopic (exact) mass is 395 g/mol. The summed E-state index contributed by atoms with van der Waals surface area (Å²) in [5, 5.41) is 2.45. The number of halogens is 2. The topological polar surface area (TPSA) is 64.6 Å². The van der Waals surface area contributed by atoms with Gasteiger partial charge in [0.25, 0.3) is 5.91 Å². The molecule has 126 valence electrons. The molecule has 7 heteroatoms. The quantitative estimate of drug-likeness (QED) is 0.782. The van der Waals surface area contributed by atoms with Crippen LogP contribution in [0.1, 0.15) is 17.3 Å². The Morgan fingerprint density at radius 3 is 2.62 bits per heavy atom. The van der Waals surface area contributed by atoms with Gasteiger partial charge in [-0.3, -0.25) is 4.79 Å². The molecule has 0 saturated heterocycles. The predicted molar refractivity (Wildman–Crippen MR) is 90.6 cm³/mol. The summed E-state index contributed by atoms with van der Waals surface area (Å²) in [5.74, 6) is -1.25. The number of amides is 1. The summed E-state index contributed by atoms with van der Waals surface area (Å²) in [6.07, 6.45) is -0.888. The summed E-state index contributed by atoms with van der Waals surface area (Å²) in [6.45, 7) is 1.52. The normalized spacial score (nSPS) is 11.5. The van der Waals surface area contributed by atoms with Gasteiger partial charge in [0, 0.05) is 4.47 Å². The van der Waals surface area contributed by atoms with Gasteiger partial charge < -0.3 is 14.8 Å². The lowest BCUT2D eigenvalue weighted by molar-refractivity contribution is -0.122. The molecule has 2 rings (SSSR count). The standard InChI is InChI=1S/C17H15BrFNO4/c1-10(16(21)20-15-7-6-12(18)9-14(15)19)24-13-5-3-4-11(8-13)17(22)23-2/h3-10H,1-2H3,(H,20,21)/t10-/m1/s1. The lowest BCUT2D eigenvalue weighted by Crippen LogP contribution is -2.30. The second-order valence-electron chi connectivity index (χ2n) is 4.89. The highest BCUT2D eigenvalue weighted by Crippen LogP contribution is 2.20. The molecule has 0 spiro atoms.